The topological polar surface area (TPSA) is 0 Å². The summed E-state index contributed by atoms with van der Waals surface area (Å²) in [6.07, 6.45) is 1.90. The predicted octanol–water partition coefficient (Wildman–Crippen LogP) is 1.57. The average molecular weight is 166 g/mol. The van der Waals surface area contributed by atoms with E-state index in [2.05, 4.69) is 0 Å². The first-order chi connectivity index (χ1) is 3.30. The van der Waals surface area contributed by atoms with Crippen LogP contribution in [0.3, 0.4) is 0 Å². The molecule has 0 saturated carbocycles. The molecule has 0 amide bonds. The van der Waals surface area contributed by atoms with Crippen LogP contribution < -0.4 is 0 Å². The molecule has 0 N–H and O–H groups in total. The van der Waals surface area contributed by atoms with Crippen molar-refractivity contribution < 1.29 is 0 Å². The van der Waals surface area contributed by atoms with Crippen LogP contribution in [0, 0.1) is 0 Å². The second-order valence-corrected chi connectivity index (χ2v) is 6.24. The highest BCUT2D eigenvalue weighted by Gasteiger charge is 2.02. The number of rotatable bonds is 0. The van der Waals surface area contributed by atoms with E-state index in [1.54, 1.807) is 10.8 Å². The Kier molecular flexibility index (Phi) is 1.97. The van der Waals surface area contributed by atoms with Crippen molar-refractivity contribution in [1.82, 2.24) is 0 Å². The summed E-state index contributed by atoms with van der Waals surface area (Å²) in [6, 6.07) is 0. The zero-order valence-electron chi connectivity index (χ0n) is 3.29. The molecular formula is C3H2S4. The standard InChI is InChI=1S/C3H2S4/c4-3-1-2-6-7(3)5/h1-2H. The fraction of sp³-hybridized carbons (Fsp3) is 0. The molecule has 0 fully saturated rings. The lowest BCUT2D eigenvalue weighted by Gasteiger charge is -1.83. The fourth-order valence-corrected chi connectivity index (χ4v) is 2.89. The molecule has 0 nitrogen and oxygen atoms in total. The van der Waals surface area contributed by atoms with Gasteiger partial charge in [-0.1, -0.05) is 23.0 Å². The molecule has 1 rings (SSSR count). The van der Waals surface area contributed by atoms with Crippen LogP contribution in [-0.4, -0.2) is 4.20 Å². The maximum atomic E-state index is 4.91. The zero-order valence-corrected chi connectivity index (χ0v) is 6.55. The minimum absolute atomic E-state index is 0.0972. The average Bonchev–Trinajstić information content (AvgIpc) is 1.91. The second-order valence-electron chi connectivity index (χ2n) is 0.953. The molecule has 1 aliphatic rings. The molecule has 0 aliphatic carbocycles. The Balaban J connectivity index is 2.81. The van der Waals surface area contributed by atoms with Crippen LogP contribution in [0.2, 0.25) is 0 Å². The predicted molar refractivity (Wildman–Crippen MR) is 44.1 cm³/mol. The molecule has 0 bridgehead atoms. The van der Waals surface area contributed by atoms with E-state index >= 15 is 0 Å². The quantitative estimate of drug-likeness (QED) is 0.396. The van der Waals surface area contributed by atoms with E-state index in [1.807, 2.05) is 11.5 Å². The van der Waals surface area contributed by atoms with Crippen molar-refractivity contribution in [3.63, 3.8) is 0 Å². The maximum absolute atomic E-state index is 4.91. The third-order valence-corrected chi connectivity index (χ3v) is 5.31. The first-order valence-electron chi connectivity index (χ1n) is 1.60. The van der Waals surface area contributed by atoms with E-state index in [-0.39, 0.29) is 8.49 Å². The molecule has 7 heavy (non-hydrogen) atoms. The third kappa shape index (κ3) is 1.32. The molecule has 38 valence electrons. The maximum Gasteiger partial charge on any atom is 0.0859 e. The smallest absolute Gasteiger partial charge is 0.0713 e. The van der Waals surface area contributed by atoms with Gasteiger partial charge in [0.25, 0.3) is 0 Å². The lowest BCUT2D eigenvalue weighted by molar-refractivity contribution is 2.49. The summed E-state index contributed by atoms with van der Waals surface area (Å²) < 4.78 is 0.917. The number of thiocarbonyl (C=S) groups is 1. The van der Waals surface area contributed by atoms with E-state index in [0.29, 0.717) is 0 Å². The summed E-state index contributed by atoms with van der Waals surface area (Å²) in [4.78, 5) is 0. The number of hydrogen-bond donors (Lipinski definition) is 0. The molecule has 0 spiro atoms. The highest BCUT2D eigenvalue weighted by atomic mass is 33.3. The summed E-state index contributed by atoms with van der Waals surface area (Å²) in [5, 5.41) is 1.96. The van der Waals surface area contributed by atoms with Gasteiger partial charge in [0.15, 0.2) is 0 Å². The second kappa shape index (κ2) is 2.35. The van der Waals surface area contributed by atoms with Gasteiger partial charge in [-0.2, -0.15) is 0 Å². The number of hydrogen-bond acceptors (Lipinski definition) is 3. The summed E-state index contributed by atoms with van der Waals surface area (Å²) in [7, 11) is 1.53. The highest BCUT2D eigenvalue weighted by molar-refractivity contribution is 8.90. The van der Waals surface area contributed by atoms with Crippen molar-refractivity contribution in [2.24, 2.45) is 0 Å². The van der Waals surface area contributed by atoms with Gasteiger partial charge in [0.05, 0.1) is 4.20 Å². The summed E-state index contributed by atoms with van der Waals surface area (Å²) in [5.74, 6) is 0. The van der Waals surface area contributed by atoms with E-state index in [1.165, 1.54) is 0 Å². The molecule has 0 aromatic carbocycles. The van der Waals surface area contributed by atoms with Crippen molar-refractivity contribution in [2.45, 2.75) is 0 Å². The molecular weight excluding hydrogens is 164 g/mol. The molecule has 0 radical (unpaired) electrons. The molecule has 1 aliphatic heterocycles. The van der Waals surface area contributed by atoms with Crippen LogP contribution >= 0.6 is 23.0 Å². The molecule has 0 aromatic rings. The van der Waals surface area contributed by atoms with Gasteiger partial charge < -0.3 is 0 Å². The molecule has 0 aromatic heterocycles. The first kappa shape index (κ1) is 5.88. The Morgan fingerprint density at radius 1 is 1.71 bits per heavy atom. The SMILES string of the molecule is S=C1C=CSS1=S. The summed E-state index contributed by atoms with van der Waals surface area (Å²) >= 11 is 9.75. The van der Waals surface area contributed by atoms with Gasteiger partial charge in [0, 0.05) is 0 Å². The molecule has 1 unspecified atom stereocenters. The molecule has 0 saturated heterocycles. The Hall–Kier alpha value is 0.750. The minimum atomic E-state index is -0.0972. The van der Waals surface area contributed by atoms with E-state index in [4.69, 9.17) is 23.4 Å². The third-order valence-electron chi connectivity index (χ3n) is 0.511. The molecule has 1 heterocycles. The van der Waals surface area contributed by atoms with Gasteiger partial charge in [-0.05, 0) is 31.2 Å². The van der Waals surface area contributed by atoms with Crippen LogP contribution in [0.15, 0.2) is 11.5 Å². The van der Waals surface area contributed by atoms with E-state index < -0.39 is 0 Å². The zero-order chi connectivity index (χ0) is 5.28. The monoisotopic (exact) mass is 166 g/mol. The van der Waals surface area contributed by atoms with Gasteiger partial charge >= 0.3 is 0 Å². The van der Waals surface area contributed by atoms with Gasteiger partial charge in [0.2, 0.25) is 0 Å². The lowest BCUT2D eigenvalue weighted by Crippen LogP contribution is -1.84. The van der Waals surface area contributed by atoms with Crippen molar-refractivity contribution in [3.8, 4) is 0 Å². The van der Waals surface area contributed by atoms with Crippen molar-refractivity contribution in [1.29, 1.82) is 0 Å². The van der Waals surface area contributed by atoms with Crippen LogP contribution in [-0.2, 0) is 19.7 Å². The first-order valence-corrected chi connectivity index (χ1v) is 5.55. The Bertz CT molecular complexity index is 145. The summed E-state index contributed by atoms with van der Waals surface area (Å²) in [5.41, 5.74) is 0. The van der Waals surface area contributed by atoms with Crippen LogP contribution in [0.25, 0.3) is 0 Å². The van der Waals surface area contributed by atoms with E-state index in [9.17, 15) is 0 Å². The van der Waals surface area contributed by atoms with Crippen LogP contribution in [0.1, 0.15) is 0 Å². The van der Waals surface area contributed by atoms with Crippen molar-refractivity contribution in [3.05, 3.63) is 11.5 Å². The van der Waals surface area contributed by atoms with Crippen LogP contribution in [0.4, 0.5) is 0 Å². The van der Waals surface area contributed by atoms with Gasteiger partial charge in [-0.3, -0.25) is 0 Å². The Morgan fingerprint density at radius 2 is 2.43 bits per heavy atom. The van der Waals surface area contributed by atoms with Crippen molar-refractivity contribution in [2.75, 3.05) is 0 Å². The molecule has 4 heteroatoms. The Labute approximate surface area is 58.4 Å². The van der Waals surface area contributed by atoms with Gasteiger partial charge in [-0.25, -0.2) is 0 Å². The normalized spacial score (nSPS) is 29.1. The van der Waals surface area contributed by atoms with Crippen LogP contribution in [0.5, 0.6) is 0 Å². The lowest BCUT2D eigenvalue weighted by atomic mass is 10.8. The van der Waals surface area contributed by atoms with Gasteiger partial charge in [0.1, 0.15) is 0 Å². The van der Waals surface area contributed by atoms with E-state index in [0.717, 1.165) is 4.20 Å². The Morgan fingerprint density at radius 3 is 2.57 bits per heavy atom. The van der Waals surface area contributed by atoms with Crippen molar-refractivity contribution >= 4 is 46.9 Å². The highest BCUT2D eigenvalue weighted by Crippen LogP contribution is 2.19. The molecule has 1 atom stereocenters. The summed E-state index contributed by atoms with van der Waals surface area (Å²) in [6.45, 7) is 0. The minimum Gasteiger partial charge on any atom is -0.0713 e. The largest absolute Gasteiger partial charge is 0.0859 e. The fourth-order valence-electron chi connectivity index (χ4n) is 0.237. The van der Waals surface area contributed by atoms with Gasteiger partial charge in [-0.15, -0.1) is 0 Å².